The SMILES string of the molecule is O=C(NCc1ccco1)c1ccc(COc2c(Cl)cc(Cl)cc2Cl)o1. The Morgan fingerprint density at radius 3 is 2.52 bits per heavy atom. The smallest absolute Gasteiger partial charge is 0.287 e. The minimum Gasteiger partial charge on any atom is -0.483 e. The van der Waals surface area contributed by atoms with Crippen LogP contribution >= 0.6 is 34.8 Å². The van der Waals surface area contributed by atoms with Gasteiger partial charge in [0.25, 0.3) is 5.91 Å². The Morgan fingerprint density at radius 2 is 1.84 bits per heavy atom. The normalized spacial score (nSPS) is 10.7. The molecule has 130 valence electrons. The summed E-state index contributed by atoms with van der Waals surface area (Å²) in [4.78, 5) is 12.0. The van der Waals surface area contributed by atoms with Crippen LogP contribution in [0, 0.1) is 0 Å². The third kappa shape index (κ3) is 4.51. The molecular formula is C17H12Cl3NO4. The van der Waals surface area contributed by atoms with Crippen LogP contribution in [-0.2, 0) is 13.2 Å². The highest BCUT2D eigenvalue weighted by Gasteiger charge is 2.14. The van der Waals surface area contributed by atoms with Crippen LogP contribution in [0.4, 0.5) is 0 Å². The van der Waals surface area contributed by atoms with Gasteiger partial charge in [0.05, 0.1) is 22.9 Å². The van der Waals surface area contributed by atoms with Gasteiger partial charge in [0.1, 0.15) is 18.1 Å². The van der Waals surface area contributed by atoms with Crippen LogP contribution in [0.25, 0.3) is 0 Å². The summed E-state index contributed by atoms with van der Waals surface area (Å²) in [6.45, 7) is 0.334. The van der Waals surface area contributed by atoms with Gasteiger partial charge in [-0.05, 0) is 36.4 Å². The lowest BCUT2D eigenvalue weighted by Crippen LogP contribution is -2.21. The van der Waals surface area contributed by atoms with Gasteiger partial charge >= 0.3 is 0 Å². The second-order valence-electron chi connectivity index (χ2n) is 5.02. The van der Waals surface area contributed by atoms with Gasteiger partial charge in [0.2, 0.25) is 0 Å². The standard InChI is InChI=1S/C17H12Cl3NO4/c18-10-6-13(19)16(14(20)7-10)24-9-12-3-4-15(25-12)17(22)21-8-11-2-1-5-23-11/h1-7H,8-9H2,(H,21,22). The molecule has 0 aliphatic carbocycles. The molecule has 0 bridgehead atoms. The first-order valence-electron chi connectivity index (χ1n) is 7.19. The van der Waals surface area contributed by atoms with E-state index >= 15 is 0 Å². The van der Waals surface area contributed by atoms with Crippen molar-refractivity contribution in [3.63, 3.8) is 0 Å². The largest absolute Gasteiger partial charge is 0.483 e. The number of hydrogen-bond acceptors (Lipinski definition) is 4. The van der Waals surface area contributed by atoms with Crippen LogP contribution in [0.1, 0.15) is 22.1 Å². The van der Waals surface area contributed by atoms with Gasteiger partial charge in [-0.25, -0.2) is 0 Å². The number of amides is 1. The highest BCUT2D eigenvalue weighted by Crippen LogP contribution is 2.36. The highest BCUT2D eigenvalue weighted by atomic mass is 35.5. The number of benzene rings is 1. The van der Waals surface area contributed by atoms with Gasteiger partial charge in [-0.2, -0.15) is 0 Å². The molecule has 0 saturated heterocycles. The Labute approximate surface area is 158 Å². The Bertz CT molecular complexity index is 851. The zero-order valence-corrected chi connectivity index (χ0v) is 15.0. The Morgan fingerprint density at radius 1 is 1.08 bits per heavy atom. The van der Waals surface area contributed by atoms with E-state index < -0.39 is 0 Å². The van der Waals surface area contributed by atoms with Gasteiger partial charge < -0.3 is 18.9 Å². The van der Waals surface area contributed by atoms with Crippen molar-refractivity contribution in [1.29, 1.82) is 0 Å². The van der Waals surface area contributed by atoms with Crippen molar-refractivity contribution in [1.82, 2.24) is 5.32 Å². The lowest BCUT2D eigenvalue weighted by atomic mass is 10.3. The third-order valence-electron chi connectivity index (χ3n) is 3.21. The fourth-order valence-electron chi connectivity index (χ4n) is 2.06. The molecule has 1 aromatic carbocycles. The van der Waals surface area contributed by atoms with E-state index in [1.165, 1.54) is 18.4 Å². The first kappa shape index (κ1) is 17.7. The van der Waals surface area contributed by atoms with E-state index in [1.54, 1.807) is 24.3 Å². The molecular weight excluding hydrogens is 389 g/mol. The van der Waals surface area contributed by atoms with E-state index in [0.717, 1.165) is 0 Å². The summed E-state index contributed by atoms with van der Waals surface area (Å²) < 4.78 is 16.2. The van der Waals surface area contributed by atoms with Gasteiger partial charge in [-0.3, -0.25) is 4.79 Å². The second-order valence-corrected chi connectivity index (χ2v) is 6.27. The molecule has 25 heavy (non-hydrogen) atoms. The van der Waals surface area contributed by atoms with Crippen molar-refractivity contribution >= 4 is 40.7 Å². The predicted molar refractivity (Wildman–Crippen MR) is 94.4 cm³/mol. The molecule has 0 unspecified atom stereocenters. The van der Waals surface area contributed by atoms with Crippen molar-refractivity contribution < 1.29 is 18.4 Å². The molecule has 0 atom stereocenters. The van der Waals surface area contributed by atoms with Crippen molar-refractivity contribution in [2.75, 3.05) is 0 Å². The summed E-state index contributed by atoms with van der Waals surface area (Å²) in [5.74, 6) is 1.21. The van der Waals surface area contributed by atoms with Gasteiger partial charge in [0, 0.05) is 5.02 Å². The third-order valence-corrected chi connectivity index (χ3v) is 3.99. The number of hydrogen-bond donors (Lipinski definition) is 1. The van der Waals surface area contributed by atoms with E-state index in [2.05, 4.69) is 5.32 Å². The van der Waals surface area contributed by atoms with Gasteiger partial charge in [0.15, 0.2) is 11.5 Å². The zero-order chi connectivity index (χ0) is 17.8. The Balaban J connectivity index is 1.59. The molecule has 3 aromatic rings. The summed E-state index contributed by atoms with van der Waals surface area (Å²) in [6.07, 6.45) is 1.54. The molecule has 0 aliphatic rings. The maximum atomic E-state index is 12.0. The number of nitrogens with one attached hydrogen (secondary N) is 1. The first-order valence-corrected chi connectivity index (χ1v) is 8.33. The lowest BCUT2D eigenvalue weighted by Gasteiger charge is -2.09. The van der Waals surface area contributed by atoms with E-state index in [9.17, 15) is 4.79 Å². The fraction of sp³-hybridized carbons (Fsp3) is 0.118. The van der Waals surface area contributed by atoms with Crippen molar-refractivity contribution in [3.05, 3.63) is 75.0 Å². The van der Waals surface area contributed by atoms with Crippen LogP contribution in [-0.4, -0.2) is 5.91 Å². The molecule has 0 spiro atoms. The van der Waals surface area contributed by atoms with Gasteiger partial charge in [-0.15, -0.1) is 0 Å². The second kappa shape index (κ2) is 7.87. The minimum atomic E-state index is -0.356. The number of furan rings is 2. The van der Waals surface area contributed by atoms with Crippen molar-refractivity contribution in [2.45, 2.75) is 13.2 Å². The predicted octanol–water partition coefficient (Wildman–Crippen LogP) is 5.34. The summed E-state index contributed by atoms with van der Waals surface area (Å²) in [7, 11) is 0. The van der Waals surface area contributed by atoms with Gasteiger partial charge in [-0.1, -0.05) is 34.8 Å². The summed E-state index contributed by atoms with van der Waals surface area (Å²) in [5, 5.41) is 3.69. The zero-order valence-electron chi connectivity index (χ0n) is 12.7. The molecule has 0 radical (unpaired) electrons. The molecule has 2 aromatic heterocycles. The van der Waals surface area contributed by atoms with E-state index in [0.29, 0.717) is 32.3 Å². The topological polar surface area (TPSA) is 64.6 Å². The molecule has 0 fully saturated rings. The Kier molecular flexibility index (Phi) is 5.58. The monoisotopic (exact) mass is 399 g/mol. The average molecular weight is 401 g/mol. The van der Waals surface area contributed by atoms with Crippen LogP contribution in [0.15, 0.2) is 51.5 Å². The van der Waals surface area contributed by atoms with Crippen LogP contribution in [0.3, 0.4) is 0 Å². The maximum Gasteiger partial charge on any atom is 0.287 e. The quantitative estimate of drug-likeness (QED) is 0.606. The van der Waals surface area contributed by atoms with E-state index in [4.69, 9.17) is 48.4 Å². The number of halogens is 3. The average Bonchev–Trinajstić information content (AvgIpc) is 3.23. The number of ether oxygens (including phenoxy) is 1. The van der Waals surface area contributed by atoms with Crippen molar-refractivity contribution in [3.8, 4) is 5.75 Å². The number of carbonyl (C=O) groups is 1. The molecule has 8 heteroatoms. The van der Waals surface area contributed by atoms with Crippen molar-refractivity contribution in [2.24, 2.45) is 0 Å². The van der Waals surface area contributed by atoms with Crippen LogP contribution in [0.2, 0.25) is 15.1 Å². The maximum absolute atomic E-state index is 12.0. The minimum absolute atomic E-state index is 0.0620. The molecule has 2 heterocycles. The molecule has 1 N–H and O–H groups in total. The summed E-state index contributed by atoms with van der Waals surface area (Å²) in [5.41, 5.74) is 0. The number of carbonyl (C=O) groups excluding carboxylic acids is 1. The first-order chi connectivity index (χ1) is 12.0. The molecule has 0 saturated carbocycles. The van der Waals surface area contributed by atoms with Crippen LogP contribution in [0.5, 0.6) is 5.75 Å². The highest BCUT2D eigenvalue weighted by molar-refractivity contribution is 6.40. The van der Waals surface area contributed by atoms with Crippen LogP contribution < -0.4 is 10.1 Å². The van der Waals surface area contributed by atoms with E-state index in [-0.39, 0.29) is 24.8 Å². The fourth-order valence-corrected chi connectivity index (χ4v) is 2.98. The summed E-state index contributed by atoms with van der Waals surface area (Å²) in [6, 6.07) is 9.76. The van der Waals surface area contributed by atoms with E-state index in [1.807, 2.05) is 0 Å². The Hall–Kier alpha value is -2.08. The lowest BCUT2D eigenvalue weighted by molar-refractivity contribution is 0.0916. The number of rotatable bonds is 6. The molecule has 1 amide bonds. The molecule has 3 rings (SSSR count). The summed E-state index contributed by atoms with van der Waals surface area (Å²) >= 11 is 17.9. The molecule has 5 nitrogen and oxygen atoms in total. The molecule has 0 aliphatic heterocycles.